The lowest BCUT2D eigenvalue weighted by molar-refractivity contribution is 0.100. The van der Waals surface area contributed by atoms with Gasteiger partial charge in [-0.15, -0.1) is 0 Å². The third-order valence-corrected chi connectivity index (χ3v) is 2.88. The molecule has 0 spiro atoms. The lowest BCUT2D eigenvalue weighted by Crippen LogP contribution is -2.10. The summed E-state index contributed by atoms with van der Waals surface area (Å²) in [4.78, 5) is 15.5. The van der Waals surface area contributed by atoms with Crippen molar-refractivity contribution in [3.8, 4) is 11.3 Å². The number of fused-ring (bicyclic) bond motifs is 1. The van der Waals surface area contributed by atoms with Gasteiger partial charge in [-0.25, -0.2) is 13.9 Å². The predicted octanol–water partition coefficient (Wildman–Crippen LogP) is 1.15. The maximum Gasteiger partial charge on any atom is 0.254 e. The van der Waals surface area contributed by atoms with Gasteiger partial charge in [-0.1, -0.05) is 0 Å². The molecule has 3 rings (SSSR count). The third-order valence-electron chi connectivity index (χ3n) is 2.88. The van der Waals surface area contributed by atoms with E-state index in [4.69, 9.17) is 11.5 Å². The number of nitrogens with one attached hydrogen (secondary N) is 1. The summed E-state index contributed by atoms with van der Waals surface area (Å²) in [5.74, 6) is -0.610. The second-order valence-corrected chi connectivity index (χ2v) is 4.06. The number of hydrogen-bond donors (Lipinski definition) is 3. The molecule has 3 aromatic rings. The Kier molecular flexibility index (Phi) is 2.28. The number of benzene rings is 1. The van der Waals surface area contributed by atoms with Crippen LogP contribution in [0.4, 0.5) is 10.2 Å². The normalized spacial score (nSPS) is 11.0. The Hall–Kier alpha value is -2.83. The summed E-state index contributed by atoms with van der Waals surface area (Å²) in [6.45, 7) is 0. The summed E-state index contributed by atoms with van der Waals surface area (Å²) >= 11 is 0. The number of halogens is 1. The Morgan fingerprint density at radius 3 is 2.63 bits per heavy atom. The molecule has 2 heterocycles. The highest BCUT2D eigenvalue weighted by Crippen LogP contribution is 2.27. The number of rotatable bonds is 2. The smallest absolute Gasteiger partial charge is 0.254 e. The molecule has 2 aromatic heterocycles. The minimum absolute atomic E-state index is 0.250. The van der Waals surface area contributed by atoms with Crippen LogP contribution in [-0.2, 0) is 0 Å². The number of amides is 1. The largest absolute Gasteiger partial charge is 0.382 e. The van der Waals surface area contributed by atoms with Gasteiger partial charge in [0.05, 0.1) is 0 Å². The van der Waals surface area contributed by atoms with Crippen LogP contribution in [0.25, 0.3) is 16.9 Å². The number of carbonyl (C=O) groups is 1. The zero-order valence-corrected chi connectivity index (χ0v) is 9.72. The summed E-state index contributed by atoms with van der Waals surface area (Å²) in [7, 11) is 0. The fraction of sp³-hybridized carbons (Fsp3) is 0. The van der Waals surface area contributed by atoms with Crippen LogP contribution in [0.3, 0.4) is 0 Å². The standard InChI is InChI=1S/C12H10FN5O/c13-7-3-1-6(2-4-7)9-10(14)18-12(17-9)8(5-16-18)11(15)19/h1-5,16H,14H2,(H2,15,19). The van der Waals surface area contributed by atoms with Crippen molar-refractivity contribution in [1.29, 1.82) is 0 Å². The minimum Gasteiger partial charge on any atom is -0.382 e. The van der Waals surface area contributed by atoms with Crippen molar-refractivity contribution in [3.05, 3.63) is 41.8 Å². The van der Waals surface area contributed by atoms with E-state index in [0.29, 0.717) is 22.7 Å². The number of nitrogens with zero attached hydrogens (tertiary/aromatic N) is 2. The molecular weight excluding hydrogens is 249 g/mol. The lowest BCUT2D eigenvalue weighted by Gasteiger charge is -1.98. The van der Waals surface area contributed by atoms with Gasteiger partial charge in [-0.3, -0.25) is 9.89 Å². The first kappa shape index (κ1) is 11.3. The van der Waals surface area contributed by atoms with Gasteiger partial charge in [0, 0.05) is 11.8 Å². The van der Waals surface area contributed by atoms with Crippen molar-refractivity contribution in [2.75, 3.05) is 5.73 Å². The number of aromatic amines is 1. The number of nitrogen functional groups attached to an aromatic ring is 1. The number of nitrogens with two attached hydrogens (primary N) is 2. The van der Waals surface area contributed by atoms with E-state index in [1.54, 1.807) is 12.1 Å². The van der Waals surface area contributed by atoms with Crippen LogP contribution < -0.4 is 11.5 Å². The molecule has 1 amide bonds. The maximum atomic E-state index is 12.9. The first-order chi connectivity index (χ1) is 9.08. The van der Waals surface area contributed by atoms with E-state index in [9.17, 15) is 9.18 Å². The number of H-pyrrole nitrogens is 1. The number of imidazole rings is 1. The number of primary amides is 1. The summed E-state index contributed by atoms with van der Waals surface area (Å²) in [6.07, 6.45) is 1.44. The molecule has 0 unspecified atom stereocenters. The van der Waals surface area contributed by atoms with Gasteiger partial charge in [0.25, 0.3) is 5.91 Å². The SMILES string of the molecule is NC(=O)c1c[nH]n2c(N)c(-c3ccc(F)cc3)nc12. The van der Waals surface area contributed by atoms with Crippen LogP contribution in [0.2, 0.25) is 0 Å². The predicted molar refractivity (Wildman–Crippen MR) is 67.9 cm³/mol. The lowest BCUT2D eigenvalue weighted by atomic mass is 10.1. The van der Waals surface area contributed by atoms with Crippen molar-refractivity contribution in [2.45, 2.75) is 0 Å². The summed E-state index contributed by atoms with van der Waals surface area (Å²) in [6, 6.07) is 5.77. The summed E-state index contributed by atoms with van der Waals surface area (Å²) in [5, 5.41) is 2.79. The molecule has 0 atom stereocenters. The molecule has 0 fully saturated rings. The van der Waals surface area contributed by atoms with E-state index in [1.165, 1.54) is 22.8 Å². The summed E-state index contributed by atoms with van der Waals surface area (Å²) < 4.78 is 14.4. The highest BCUT2D eigenvalue weighted by atomic mass is 19.1. The van der Waals surface area contributed by atoms with Gasteiger partial charge in [0.2, 0.25) is 0 Å². The van der Waals surface area contributed by atoms with E-state index >= 15 is 0 Å². The van der Waals surface area contributed by atoms with Gasteiger partial charge in [0.15, 0.2) is 11.5 Å². The molecule has 96 valence electrons. The second kappa shape index (κ2) is 3.84. The molecule has 0 saturated heterocycles. The van der Waals surface area contributed by atoms with Crippen LogP contribution in [0.1, 0.15) is 10.4 Å². The van der Waals surface area contributed by atoms with E-state index in [-0.39, 0.29) is 11.4 Å². The van der Waals surface area contributed by atoms with Crippen molar-refractivity contribution in [1.82, 2.24) is 14.6 Å². The molecular formula is C12H10FN5O. The highest BCUT2D eigenvalue weighted by Gasteiger charge is 2.17. The Morgan fingerprint density at radius 2 is 2.00 bits per heavy atom. The van der Waals surface area contributed by atoms with Gasteiger partial charge in [-0.05, 0) is 24.3 Å². The second-order valence-electron chi connectivity index (χ2n) is 4.06. The molecule has 0 aliphatic carbocycles. The Labute approximate surface area is 106 Å². The molecule has 0 bridgehead atoms. The molecule has 1 aromatic carbocycles. The van der Waals surface area contributed by atoms with Crippen LogP contribution in [-0.4, -0.2) is 20.5 Å². The average Bonchev–Trinajstić information content (AvgIpc) is 2.91. The van der Waals surface area contributed by atoms with Gasteiger partial charge >= 0.3 is 0 Å². The van der Waals surface area contributed by atoms with Gasteiger partial charge in [-0.2, -0.15) is 0 Å². The Balaban J connectivity index is 2.22. The van der Waals surface area contributed by atoms with Crippen LogP contribution in [0.15, 0.2) is 30.5 Å². The molecule has 0 saturated carbocycles. The van der Waals surface area contributed by atoms with E-state index in [0.717, 1.165) is 0 Å². The van der Waals surface area contributed by atoms with Crippen molar-refractivity contribution in [2.24, 2.45) is 5.73 Å². The number of aromatic nitrogens is 3. The molecule has 0 aliphatic heterocycles. The van der Waals surface area contributed by atoms with Crippen LogP contribution in [0, 0.1) is 5.82 Å². The van der Waals surface area contributed by atoms with E-state index in [2.05, 4.69) is 10.1 Å². The maximum absolute atomic E-state index is 12.9. The van der Waals surface area contributed by atoms with Crippen LogP contribution in [0.5, 0.6) is 0 Å². The molecule has 19 heavy (non-hydrogen) atoms. The number of hydrogen-bond acceptors (Lipinski definition) is 3. The average molecular weight is 259 g/mol. The Morgan fingerprint density at radius 1 is 1.32 bits per heavy atom. The number of carbonyl (C=O) groups excluding carboxylic acids is 1. The van der Waals surface area contributed by atoms with Crippen LogP contribution >= 0.6 is 0 Å². The van der Waals surface area contributed by atoms with Gasteiger partial charge in [0.1, 0.15) is 17.1 Å². The van der Waals surface area contributed by atoms with Crippen molar-refractivity contribution < 1.29 is 9.18 Å². The third kappa shape index (κ3) is 1.63. The molecule has 6 nitrogen and oxygen atoms in total. The zero-order valence-electron chi connectivity index (χ0n) is 9.72. The van der Waals surface area contributed by atoms with Gasteiger partial charge < -0.3 is 11.5 Å². The fourth-order valence-corrected chi connectivity index (χ4v) is 1.94. The van der Waals surface area contributed by atoms with Crippen molar-refractivity contribution >= 4 is 17.4 Å². The van der Waals surface area contributed by atoms with E-state index in [1.807, 2.05) is 0 Å². The topological polar surface area (TPSA) is 102 Å². The van der Waals surface area contributed by atoms with E-state index < -0.39 is 5.91 Å². The molecule has 7 heteroatoms. The Bertz CT molecular complexity index is 771. The molecule has 0 radical (unpaired) electrons. The number of anilines is 1. The minimum atomic E-state index is -0.595. The molecule has 5 N–H and O–H groups in total. The quantitative estimate of drug-likeness (QED) is 0.643. The fourth-order valence-electron chi connectivity index (χ4n) is 1.94. The highest BCUT2D eigenvalue weighted by molar-refractivity contribution is 5.99. The first-order valence-corrected chi connectivity index (χ1v) is 5.49. The summed E-state index contributed by atoms with van der Waals surface area (Å²) in [5.41, 5.74) is 12.9. The first-order valence-electron chi connectivity index (χ1n) is 5.49. The monoisotopic (exact) mass is 259 g/mol. The van der Waals surface area contributed by atoms with Crippen molar-refractivity contribution in [3.63, 3.8) is 0 Å². The zero-order chi connectivity index (χ0) is 13.6. The molecule has 0 aliphatic rings.